The zero-order valence-corrected chi connectivity index (χ0v) is 10.3. The van der Waals surface area contributed by atoms with Crippen LogP contribution in [0.1, 0.15) is 25.3 Å². The fourth-order valence-electron chi connectivity index (χ4n) is 2.02. The van der Waals surface area contributed by atoms with Crippen LogP contribution in [0.4, 0.5) is 0 Å². The van der Waals surface area contributed by atoms with Gasteiger partial charge in [0.1, 0.15) is 5.60 Å². The van der Waals surface area contributed by atoms with Crippen molar-refractivity contribution in [2.24, 2.45) is 0 Å². The Morgan fingerprint density at radius 2 is 1.59 bits per heavy atom. The molecule has 2 N–H and O–H groups in total. The minimum Gasteiger partial charge on any atom is -0.386 e. The van der Waals surface area contributed by atoms with E-state index >= 15 is 0 Å². The maximum atomic E-state index is 10.8. The van der Waals surface area contributed by atoms with E-state index < -0.39 is 11.2 Å². The molecule has 0 radical (unpaired) electrons. The minimum atomic E-state index is -1.34. The second kappa shape index (κ2) is 5.30. The summed E-state index contributed by atoms with van der Waals surface area (Å²) in [4.78, 5) is 0. The highest BCUT2D eigenvalue weighted by atomic mass is 16.4. The lowest BCUT2D eigenvalue weighted by Gasteiger charge is -2.41. The molecule has 0 saturated heterocycles. The van der Waals surface area contributed by atoms with Gasteiger partial charge in [0.05, 0.1) is 5.60 Å². The number of hydrogen-bond donors (Lipinski definition) is 2. The van der Waals surface area contributed by atoms with Gasteiger partial charge in [-0.05, 0) is 18.9 Å². The predicted molar refractivity (Wildman–Crippen MR) is 70.6 cm³/mol. The van der Waals surface area contributed by atoms with Gasteiger partial charge in [0.25, 0.3) is 0 Å². The minimum absolute atomic E-state index is 0.290. The standard InChI is InChI=1S/C15H20O2/c1-4-11-14(3,16)15(17,12-5-2)13-9-7-6-8-10-13/h4-10,16-17H,1-2,11-12H2,3H3/t14-,15+/m0/s1. The first-order valence-corrected chi connectivity index (χ1v) is 5.70. The third kappa shape index (κ3) is 2.65. The maximum Gasteiger partial charge on any atom is 0.122 e. The molecule has 0 aliphatic rings. The third-order valence-electron chi connectivity index (χ3n) is 3.12. The largest absolute Gasteiger partial charge is 0.386 e. The summed E-state index contributed by atoms with van der Waals surface area (Å²) in [6.45, 7) is 8.88. The monoisotopic (exact) mass is 232 g/mol. The molecule has 0 saturated carbocycles. The first-order valence-electron chi connectivity index (χ1n) is 5.70. The molecule has 92 valence electrons. The molecule has 2 heteroatoms. The summed E-state index contributed by atoms with van der Waals surface area (Å²) < 4.78 is 0. The van der Waals surface area contributed by atoms with Crippen LogP contribution in [0.15, 0.2) is 55.6 Å². The smallest absolute Gasteiger partial charge is 0.122 e. The van der Waals surface area contributed by atoms with Crippen LogP contribution >= 0.6 is 0 Å². The van der Waals surface area contributed by atoms with Crippen LogP contribution in [0.25, 0.3) is 0 Å². The number of benzene rings is 1. The van der Waals surface area contributed by atoms with E-state index in [1.165, 1.54) is 0 Å². The zero-order valence-electron chi connectivity index (χ0n) is 10.3. The average molecular weight is 232 g/mol. The number of hydrogen-bond acceptors (Lipinski definition) is 2. The molecule has 0 aliphatic heterocycles. The lowest BCUT2D eigenvalue weighted by molar-refractivity contribution is -0.144. The Kier molecular flexibility index (Phi) is 4.27. The Hall–Kier alpha value is -1.38. The van der Waals surface area contributed by atoms with Gasteiger partial charge in [0.2, 0.25) is 0 Å². The lowest BCUT2D eigenvalue weighted by atomic mass is 9.74. The van der Waals surface area contributed by atoms with Crippen LogP contribution in [0.2, 0.25) is 0 Å². The van der Waals surface area contributed by atoms with E-state index in [0.717, 1.165) is 0 Å². The Bertz CT molecular complexity index is 381. The molecule has 1 aromatic carbocycles. The third-order valence-corrected chi connectivity index (χ3v) is 3.12. The summed E-state index contributed by atoms with van der Waals surface area (Å²) in [7, 11) is 0. The molecule has 0 aliphatic carbocycles. The van der Waals surface area contributed by atoms with Crippen LogP contribution < -0.4 is 0 Å². The molecule has 2 atom stereocenters. The summed E-state index contributed by atoms with van der Waals surface area (Å²) in [5.74, 6) is 0. The number of aliphatic hydroxyl groups is 2. The summed E-state index contributed by atoms with van der Waals surface area (Å²) in [6, 6.07) is 9.17. The van der Waals surface area contributed by atoms with E-state index in [4.69, 9.17) is 0 Å². The van der Waals surface area contributed by atoms with Crippen molar-refractivity contribution in [1.82, 2.24) is 0 Å². The van der Waals surface area contributed by atoms with E-state index in [9.17, 15) is 10.2 Å². The summed E-state index contributed by atoms with van der Waals surface area (Å²) in [5, 5.41) is 21.2. The SMILES string of the molecule is C=CC[C@](C)(O)[C@@](O)(CC=C)c1ccccc1. The van der Waals surface area contributed by atoms with Gasteiger partial charge in [-0.2, -0.15) is 0 Å². The Labute approximate surface area is 103 Å². The van der Waals surface area contributed by atoms with E-state index in [1.54, 1.807) is 31.2 Å². The molecule has 2 nitrogen and oxygen atoms in total. The number of rotatable bonds is 6. The van der Waals surface area contributed by atoms with Gasteiger partial charge >= 0.3 is 0 Å². The second-order valence-electron chi connectivity index (χ2n) is 4.49. The Morgan fingerprint density at radius 3 is 2.06 bits per heavy atom. The molecular weight excluding hydrogens is 212 g/mol. The van der Waals surface area contributed by atoms with Crippen molar-refractivity contribution in [2.75, 3.05) is 0 Å². The molecule has 0 amide bonds. The highest BCUT2D eigenvalue weighted by Gasteiger charge is 2.45. The Morgan fingerprint density at radius 1 is 1.06 bits per heavy atom. The fraction of sp³-hybridized carbons (Fsp3) is 0.333. The molecule has 0 aromatic heterocycles. The van der Waals surface area contributed by atoms with Crippen molar-refractivity contribution in [3.63, 3.8) is 0 Å². The van der Waals surface area contributed by atoms with Gasteiger partial charge in [0.15, 0.2) is 0 Å². The van der Waals surface area contributed by atoms with Crippen LogP contribution in [-0.4, -0.2) is 15.8 Å². The van der Waals surface area contributed by atoms with Crippen molar-refractivity contribution in [2.45, 2.75) is 31.0 Å². The summed E-state index contributed by atoms with van der Waals surface area (Å²) in [5.41, 5.74) is -1.93. The highest BCUT2D eigenvalue weighted by molar-refractivity contribution is 5.27. The summed E-state index contributed by atoms with van der Waals surface area (Å²) in [6.07, 6.45) is 3.83. The van der Waals surface area contributed by atoms with Crippen LogP contribution in [-0.2, 0) is 5.60 Å². The van der Waals surface area contributed by atoms with Crippen molar-refractivity contribution in [3.05, 3.63) is 61.2 Å². The van der Waals surface area contributed by atoms with Crippen molar-refractivity contribution >= 4 is 0 Å². The van der Waals surface area contributed by atoms with Gasteiger partial charge in [0, 0.05) is 6.42 Å². The van der Waals surface area contributed by atoms with Gasteiger partial charge < -0.3 is 10.2 Å². The topological polar surface area (TPSA) is 40.5 Å². The molecule has 1 aromatic rings. The lowest BCUT2D eigenvalue weighted by Crippen LogP contribution is -2.49. The first-order chi connectivity index (χ1) is 7.98. The van der Waals surface area contributed by atoms with Crippen LogP contribution in [0, 0.1) is 0 Å². The quantitative estimate of drug-likeness (QED) is 0.740. The van der Waals surface area contributed by atoms with E-state index in [2.05, 4.69) is 13.2 Å². The predicted octanol–water partition coefficient (Wildman–Crippen LogP) is 2.78. The van der Waals surface area contributed by atoms with Crippen molar-refractivity contribution in [1.29, 1.82) is 0 Å². The molecule has 0 spiro atoms. The van der Waals surface area contributed by atoms with Gasteiger partial charge in [-0.1, -0.05) is 42.5 Å². The van der Waals surface area contributed by atoms with Crippen LogP contribution in [0.3, 0.4) is 0 Å². The average Bonchev–Trinajstić information content (AvgIpc) is 2.30. The molecule has 0 heterocycles. The normalized spacial score (nSPS) is 17.8. The fourth-order valence-corrected chi connectivity index (χ4v) is 2.02. The van der Waals surface area contributed by atoms with Gasteiger partial charge in [-0.3, -0.25) is 0 Å². The van der Waals surface area contributed by atoms with Gasteiger partial charge in [-0.15, -0.1) is 13.2 Å². The van der Waals surface area contributed by atoms with Crippen LogP contribution in [0.5, 0.6) is 0 Å². The van der Waals surface area contributed by atoms with E-state index in [1.807, 2.05) is 18.2 Å². The highest BCUT2D eigenvalue weighted by Crippen LogP contribution is 2.38. The molecule has 1 rings (SSSR count). The van der Waals surface area contributed by atoms with Crippen molar-refractivity contribution in [3.8, 4) is 0 Å². The maximum absolute atomic E-state index is 10.8. The zero-order chi connectivity index (χ0) is 12.9. The molecule has 0 unspecified atom stereocenters. The van der Waals surface area contributed by atoms with Gasteiger partial charge in [-0.25, -0.2) is 0 Å². The molecule has 17 heavy (non-hydrogen) atoms. The Balaban J connectivity index is 3.22. The first kappa shape index (κ1) is 13.7. The second-order valence-corrected chi connectivity index (χ2v) is 4.49. The molecule has 0 fully saturated rings. The van der Waals surface area contributed by atoms with E-state index in [-0.39, 0.29) is 6.42 Å². The van der Waals surface area contributed by atoms with E-state index in [0.29, 0.717) is 12.0 Å². The molecular formula is C15H20O2. The molecule has 0 bridgehead atoms. The van der Waals surface area contributed by atoms with Crippen molar-refractivity contribution < 1.29 is 10.2 Å². The summed E-state index contributed by atoms with van der Waals surface area (Å²) >= 11 is 0.